The van der Waals surface area contributed by atoms with Crippen LogP contribution in [0.1, 0.15) is 20.7 Å². The van der Waals surface area contributed by atoms with Gasteiger partial charge in [0.1, 0.15) is 11.6 Å². The van der Waals surface area contributed by atoms with E-state index < -0.39 is 0 Å². The first-order chi connectivity index (χ1) is 13.5. The number of ether oxygens (including phenoxy) is 1. The summed E-state index contributed by atoms with van der Waals surface area (Å²) in [5.74, 6) is 0.296. The van der Waals surface area contributed by atoms with E-state index in [1.807, 2.05) is 12.1 Å². The molecule has 0 saturated heterocycles. The van der Waals surface area contributed by atoms with E-state index in [0.717, 1.165) is 4.90 Å². The summed E-state index contributed by atoms with van der Waals surface area (Å²) >= 11 is 1.39. The van der Waals surface area contributed by atoms with Crippen molar-refractivity contribution >= 4 is 29.1 Å². The zero-order valence-corrected chi connectivity index (χ0v) is 16.0. The van der Waals surface area contributed by atoms with Gasteiger partial charge in [-0.2, -0.15) is 0 Å². The first-order valence-electron chi connectivity index (χ1n) is 8.52. The average Bonchev–Trinajstić information content (AvgIpc) is 2.73. The number of hydrogen-bond acceptors (Lipinski definition) is 4. The van der Waals surface area contributed by atoms with Crippen LogP contribution in [-0.4, -0.2) is 24.6 Å². The van der Waals surface area contributed by atoms with Crippen molar-refractivity contribution in [1.29, 1.82) is 0 Å². The monoisotopic (exact) mass is 395 g/mol. The maximum atomic E-state index is 12.9. The third kappa shape index (κ3) is 5.20. The zero-order chi connectivity index (χ0) is 19.9. The third-order valence-corrected chi connectivity index (χ3v) is 5.01. The van der Waals surface area contributed by atoms with Gasteiger partial charge in [0, 0.05) is 21.7 Å². The quantitative estimate of drug-likeness (QED) is 0.449. The fraction of sp³-hybridized carbons (Fsp3) is 0.0909. The molecule has 3 rings (SSSR count). The molecule has 0 saturated carbocycles. The van der Waals surface area contributed by atoms with Crippen LogP contribution < -0.4 is 10.1 Å². The van der Waals surface area contributed by atoms with Gasteiger partial charge in [-0.1, -0.05) is 0 Å². The van der Waals surface area contributed by atoms with Crippen LogP contribution in [0.5, 0.6) is 5.75 Å². The van der Waals surface area contributed by atoms with Gasteiger partial charge in [0.05, 0.1) is 12.9 Å². The summed E-state index contributed by atoms with van der Waals surface area (Å²) in [7, 11) is 1.57. The van der Waals surface area contributed by atoms with Crippen molar-refractivity contribution in [1.82, 2.24) is 0 Å². The van der Waals surface area contributed by atoms with Crippen LogP contribution in [0.15, 0.2) is 77.7 Å². The molecular formula is C22H18FNO3S. The summed E-state index contributed by atoms with van der Waals surface area (Å²) in [4.78, 5) is 25.3. The van der Waals surface area contributed by atoms with Gasteiger partial charge < -0.3 is 10.1 Å². The number of amides is 1. The molecule has 0 aliphatic heterocycles. The Labute approximate surface area is 166 Å². The summed E-state index contributed by atoms with van der Waals surface area (Å²) in [5.41, 5.74) is 1.68. The molecule has 0 heterocycles. The van der Waals surface area contributed by atoms with Gasteiger partial charge >= 0.3 is 0 Å². The van der Waals surface area contributed by atoms with Crippen molar-refractivity contribution < 1.29 is 18.7 Å². The molecule has 0 spiro atoms. The lowest BCUT2D eigenvalue weighted by atomic mass is 10.1. The molecule has 0 radical (unpaired) electrons. The normalized spacial score (nSPS) is 10.4. The molecule has 6 heteroatoms. The Balaban J connectivity index is 1.54. The minimum atomic E-state index is -0.364. The van der Waals surface area contributed by atoms with Gasteiger partial charge in [-0.25, -0.2) is 4.39 Å². The van der Waals surface area contributed by atoms with Gasteiger partial charge in [-0.15, -0.1) is 11.8 Å². The topological polar surface area (TPSA) is 55.4 Å². The number of benzene rings is 3. The first-order valence-corrected chi connectivity index (χ1v) is 9.51. The number of carbonyl (C=O) groups excluding carboxylic acids is 2. The van der Waals surface area contributed by atoms with Crippen LogP contribution in [-0.2, 0) is 0 Å². The third-order valence-electron chi connectivity index (χ3n) is 4.00. The number of anilines is 1. The second-order valence-electron chi connectivity index (χ2n) is 5.93. The highest BCUT2D eigenvalue weighted by molar-refractivity contribution is 8.00. The fourth-order valence-corrected chi connectivity index (χ4v) is 3.24. The Bertz CT molecular complexity index is 955. The molecule has 0 aliphatic carbocycles. The lowest BCUT2D eigenvalue weighted by Gasteiger charge is -2.07. The van der Waals surface area contributed by atoms with Crippen molar-refractivity contribution in [2.75, 3.05) is 18.2 Å². The summed E-state index contributed by atoms with van der Waals surface area (Å²) in [6, 6.07) is 19.6. The van der Waals surface area contributed by atoms with E-state index in [2.05, 4.69) is 5.32 Å². The first kappa shape index (κ1) is 19.6. The SMILES string of the molecule is COc1ccc(C(=O)Nc2ccc(SCC(=O)c3ccc(F)cc3)cc2)cc1. The Morgan fingerprint density at radius 2 is 1.50 bits per heavy atom. The number of rotatable bonds is 7. The largest absolute Gasteiger partial charge is 0.497 e. The Hall–Kier alpha value is -3.12. The Kier molecular flexibility index (Phi) is 6.45. The summed E-state index contributed by atoms with van der Waals surface area (Å²) < 4.78 is 18.0. The zero-order valence-electron chi connectivity index (χ0n) is 15.1. The van der Waals surface area contributed by atoms with Crippen LogP contribution >= 0.6 is 11.8 Å². The minimum Gasteiger partial charge on any atom is -0.497 e. The van der Waals surface area contributed by atoms with Gasteiger partial charge in [0.25, 0.3) is 5.91 Å². The van der Waals surface area contributed by atoms with Crippen molar-refractivity contribution in [2.24, 2.45) is 0 Å². The van der Waals surface area contributed by atoms with Crippen molar-refractivity contribution in [3.8, 4) is 5.75 Å². The molecule has 0 bridgehead atoms. The summed E-state index contributed by atoms with van der Waals surface area (Å²) in [6.45, 7) is 0. The van der Waals surface area contributed by atoms with E-state index in [0.29, 0.717) is 22.6 Å². The van der Waals surface area contributed by atoms with Gasteiger partial charge in [-0.05, 0) is 72.8 Å². The van der Waals surface area contributed by atoms with Crippen LogP contribution in [0.2, 0.25) is 0 Å². The number of hydrogen-bond donors (Lipinski definition) is 1. The van der Waals surface area contributed by atoms with E-state index in [4.69, 9.17) is 4.74 Å². The van der Waals surface area contributed by atoms with Crippen molar-refractivity contribution in [3.63, 3.8) is 0 Å². The minimum absolute atomic E-state index is 0.0677. The molecule has 3 aromatic carbocycles. The van der Waals surface area contributed by atoms with E-state index in [1.54, 1.807) is 43.5 Å². The summed E-state index contributed by atoms with van der Waals surface area (Å²) in [5, 5.41) is 2.83. The maximum absolute atomic E-state index is 12.9. The second kappa shape index (κ2) is 9.19. The molecule has 1 N–H and O–H groups in total. The number of Topliss-reactive ketones (excluding diaryl/α,β-unsaturated/α-hetero) is 1. The van der Waals surface area contributed by atoms with Crippen LogP contribution in [0.25, 0.3) is 0 Å². The summed E-state index contributed by atoms with van der Waals surface area (Å²) in [6.07, 6.45) is 0. The maximum Gasteiger partial charge on any atom is 0.255 e. The smallest absolute Gasteiger partial charge is 0.255 e. The van der Waals surface area contributed by atoms with Crippen LogP contribution in [0.4, 0.5) is 10.1 Å². The molecule has 0 unspecified atom stereocenters. The molecule has 3 aromatic rings. The molecule has 142 valence electrons. The lowest BCUT2D eigenvalue weighted by molar-refractivity contribution is 0.101. The molecule has 28 heavy (non-hydrogen) atoms. The highest BCUT2D eigenvalue weighted by atomic mass is 32.2. The highest BCUT2D eigenvalue weighted by Crippen LogP contribution is 2.22. The number of methoxy groups -OCH3 is 1. The molecule has 0 aromatic heterocycles. The van der Waals surface area contributed by atoms with Gasteiger partial charge in [0.2, 0.25) is 0 Å². The van der Waals surface area contributed by atoms with Crippen LogP contribution in [0.3, 0.4) is 0 Å². The average molecular weight is 395 g/mol. The molecule has 4 nitrogen and oxygen atoms in total. The number of ketones is 1. The van der Waals surface area contributed by atoms with E-state index in [1.165, 1.54) is 36.0 Å². The van der Waals surface area contributed by atoms with E-state index in [-0.39, 0.29) is 23.3 Å². The number of carbonyl (C=O) groups is 2. The second-order valence-corrected chi connectivity index (χ2v) is 6.97. The van der Waals surface area contributed by atoms with E-state index >= 15 is 0 Å². The lowest BCUT2D eigenvalue weighted by Crippen LogP contribution is -2.11. The van der Waals surface area contributed by atoms with Gasteiger partial charge in [-0.3, -0.25) is 9.59 Å². The van der Waals surface area contributed by atoms with Crippen LogP contribution in [0, 0.1) is 5.82 Å². The van der Waals surface area contributed by atoms with E-state index in [9.17, 15) is 14.0 Å². The fourth-order valence-electron chi connectivity index (χ4n) is 2.45. The van der Waals surface area contributed by atoms with Crippen molar-refractivity contribution in [2.45, 2.75) is 4.90 Å². The van der Waals surface area contributed by atoms with Crippen molar-refractivity contribution in [3.05, 3.63) is 89.7 Å². The predicted molar refractivity (Wildman–Crippen MR) is 109 cm³/mol. The highest BCUT2D eigenvalue weighted by Gasteiger charge is 2.08. The molecule has 0 aliphatic rings. The number of nitrogens with one attached hydrogen (secondary N) is 1. The number of halogens is 1. The number of thioether (sulfide) groups is 1. The molecular weight excluding hydrogens is 377 g/mol. The standard InChI is InChI=1S/C22H18FNO3S/c1-27-19-10-4-16(5-11-19)22(26)24-18-8-12-20(13-9-18)28-14-21(25)15-2-6-17(23)7-3-15/h2-13H,14H2,1H3,(H,24,26). The molecule has 0 fully saturated rings. The Morgan fingerprint density at radius 3 is 2.11 bits per heavy atom. The predicted octanol–water partition coefficient (Wildman–Crippen LogP) is 5.06. The molecule has 1 amide bonds. The molecule has 0 atom stereocenters. The Morgan fingerprint density at radius 1 is 0.893 bits per heavy atom. The van der Waals surface area contributed by atoms with Gasteiger partial charge in [0.15, 0.2) is 5.78 Å².